The van der Waals surface area contributed by atoms with Crippen LogP contribution in [0.2, 0.25) is 0 Å². The van der Waals surface area contributed by atoms with Crippen molar-refractivity contribution in [2.45, 2.75) is 0 Å². The van der Waals surface area contributed by atoms with E-state index in [4.69, 9.17) is 9.47 Å². The molecule has 7 heteroatoms. The monoisotopic (exact) mass is 377 g/mol. The Balaban J connectivity index is 1.60. The highest BCUT2D eigenvalue weighted by atomic mass is 16.6. The van der Waals surface area contributed by atoms with Crippen molar-refractivity contribution in [2.24, 2.45) is 0 Å². The van der Waals surface area contributed by atoms with Gasteiger partial charge in [0.2, 0.25) is 0 Å². The van der Waals surface area contributed by atoms with Crippen LogP contribution >= 0.6 is 0 Å². The summed E-state index contributed by atoms with van der Waals surface area (Å²) in [5.41, 5.74) is 1.72. The van der Waals surface area contributed by atoms with E-state index >= 15 is 0 Å². The van der Waals surface area contributed by atoms with Crippen LogP contribution in [-0.4, -0.2) is 23.8 Å². The zero-order valence-electron chi connectivity index (χ0n) is 14.6. The zero-order chi connectivity index (χ0) is 19.9. The van der Waals surface area contributed by atoms with E-state index in [2.05, 4.69) is 0 Å². The van der Waals surface area contributed by atoms with Crippen LogP contribution in [0.15, 0.2) is 72.8 Å². The molecule has 0 amide bonds. The zero-order valence-corrected chi connectivity index (χ0v) is 14.6. The molecule has 0 aromatic heterocycles. The van der Waals surface area contributed by atoms with Gasteiger partial charge >= 0.3 is 5.97 Å². The SMILES string of the molecule is O=Cc1cc([N+](=O)[O-])ccc1OC(=O)COc1ccc(-c2ccccc2)cc1. The van der Waals surface area contributed by atoms with Crippen molar-refractivity contribution in [3.8, 4) is 22.6 Å². The van der Waals surface area contributed by atoms with Gasteiger partial charge in [-0.05, 0) is 29.3 Å². The van der Waals surface area contributed by atoms with E-state index in [1.54, 1.807) is 12.1 Å². The lowest BCUT2D eigenvalue weighted by Crippen LogP contribution is -2.18. The third-order valence-corrected chi connectivity index (χ3v) is 3.87. The first-order chi connectivity index (χ1) is 13.6. The number of aldehydes is 1. The standard InChI is InChI=1S/C21H15NO6/c23-13-17-12-18(22(25)26)8-11-20(17)28-21(24)14-27-19-9-6-16(7-10-19)15-4-2-1-3-5-15/h1-13H,14H2. The normalized spacial score (nSPS) is 10.1. The maximum Gasteiger partial charge on any atom is 0.349 e. The van der Waals surface area contributed by atoms with E-state index in [1.165, 1.54) is 6.07 Å². The minimum Gasteiger partial charge on any atom is -0.482 e. The van der Waals surface area contributed by atoms with Crippen LogP contribution < -0.4 is 9.47 Å². The summed E-state index contributed by atoms with van der Waals surface area (Å²) in [5.74, 6) is -0.311. The highest BCUT2D eigenvalue weighted by Crippen LogP contribution is 2.24. The average Bonchev–Trinajstić information content (AvgIpc) is 2.73. The number of rotatable bonds is 7. The Morgan fingerprint density at radius 2 is 1.64 bits per heavy atom. The first-order valence-corrected chi connectivity index (χ1v) is 8.29. The van der Waals surface area contributed by atoms with Crippen molar-refractivity contribution in [1.29, 1.82) is 0 Å². The van der Waals surface area contributed by atoms with Crippen molar-refractivity contribution in [2.75, 3.05) is 6.61 Å². The number of carbonyl (C=O) groups is 2. The highest BCUT2D eigenvalue weighted by molar-refractivity contribution is 5.83. The predicted molar refractivity (Wildman–Crippen MR) is 101 cm³/mol. The summed E-state index contributed by atoms with van der Waals surface area (Å²) in [6, 6.07) is 20.4. The molecule has 0 aliphatic heterocycles. The lowest BCUT2D eigenvalue weighted by Gasteiger charge is -2.09. The fraction of sp³-hybridized carbons (Fsp3) is 0.0476. The third-order valence-electron chi connectivity index (χ3n) is 3.87. The molecule has 28 heavy (non-hydrogen) atoms. The number of non-ortho nitro benzene ring substituents is 1. The summed E-state index contributed by atoms with van der Waals surface area (Å²) in [6.45, 7) is -0.375. The molecule has 140 valence electrons. The van der Waals surface area contributed by atoms with Gasteiger partial charge in [0, 0.05) is 12.1 Å². The molecular weight excluding hydrogens is 362 g/mol. The number of hydrogen-bond donors (Lipinski definition) is 0. The van der Waals surface area contributed by atoms with Crippen molar-refractivity contribution in [1.82, 2.24) is 0 Å². The van der Waals surface area contributed by atoms with Gasteiger partial charge in [0.1, 0.15) is 11.5 Å². The summed E-state index contributed by atoms with van der Waals surface area (Å²) in [7, 11) is 0. The van der Waals surface area contributed by atoms with Crippen LogP contribution in [-0.2, 0) is 4.79 Å². The Labute approximate surface area is 160 Å². The van der Waals surface area contributed by atoms with Gasteiger partial charge < -0.3 is 9.47 Å². The van der Waals surface area contributed by atoms with E-state index in [0.717, 1.165) is 23.3 Å². The lowest BCUT2D eigenvalue weighted by atomic mass is 10.1. The summed E-state index contributed by atoms with van der Waals surface area (Å²) in [6.07, 6.45) is 0.388. The predicted octanol–water partition coefficient (Wildman–Crippen LogP) is 4.06. The second-order valence-electron chi connectivity index (χ2n) is 5.75. The second kappa shape index (κ2) is 8.59. The second-order valence-corrected chi connectivity index (χ2v) is 5.75. The fourth-order valence-electron chi connectivity index (χ4n) is 2.50. The van der Waals surface area contributed by atoms with Gasteiger partial charge in [-0.25, -0.2) is 4.79 Å². The maximum absolute atomic E-state index is 12.0. The number of nitro benzene ring substituents is 1. The Bertz CT molecular complexity index is 999. The third kappa shape index (κ3) is 4.59. The summed E-state index contributed by atoms with van der Waals surface area (Å²) < 4.78 is 10.5. The number of ether oxygens (including phenoxy) is 2. The van der Waals surface area contributed by atoms with Crippen LogP contribution in [0.4, 0.5) is 5.69 Å². The summed E-state index contributed by atoms with van der Waals surface area (Å²) in [5, 5.41) is 10.7. The van der Waals surface area contributed by atoms with E-state index < -0.39 is 10.9 Å². The number of hydrogen-bond acceptors (Lipinski definition) is 6. The molecule has 0 fully saturated rings. The van der Waals surface area contributed by atoms with Crippen LogP contribution in [0.25, 0.3) is 11.1 Å². The molecule has 0 aliphatic carbocycles. The van der Waals surface area contributed by atoms with Gasteiger partial charge in [-0.1, -0.05) is 42.5 Å². The highest BCUT2D eigenvalue weighted by Gasteiger charge is 2.14. The molecule has 0 saturated carbocycles. The molecule has 0 N–H and O–H groups in total. The molecule has 0 heterocycles. The first-order valence-electron chi connectivity index (χ1n) is 8.29. The van der Waals surface area contributed by atoms with Gasteiger partial charge in [-0.15, -0.1) is 0 Å². The Morgan fingerprint density at radius 1 is 0.964 bits per heavy atom. The number of carbonyl (C=O) groups excluding carboxylic acids is 2. The minimum absolute atomic E-state index is 0.0615. The maximum atomic E-state index is 12.0. The van der Waals surface area contributed by atoms with E-state index in [-0.39, 0.29) is 23.6 Å². The molecule has 0 spiro atoms. The Morgan fingerprint density at radius 3 is 2.29 bits per heavy atom. The van der Waals surface area contributed by atoms with Crippen molar-refractivity contribution >= 4 is 17.9 Å². The molecule has 0 saturated heterocycles. The molecule has 3 aromatic rings. The number of nitro groups is 1. The van der Waals surface area contributed by atoms with Crippen LogP contribution in [0.3, 0.4) is 0 Å². The number of nitrogens with zero attached hydrogens (tertiary/aromatic N) is 1. The van der Waals surface area contributed by atoms with E-state index in [0.29, 0.717) is 12.0 Å². The van der Waals surface area contributed by atoms with Gasteiger partial charge in [0.15, 0.2) is 12.9 Å². The number of benzene rings is 3. The lowest BCUT2D eigenvalue weighted by molar-refractivity contribution is -0.384. The van der Waals surface area contributed by atoms with Crippen LogP contribution in [0, 0.1) is 10.1 Å². The molecule has 3 aromatic carbocycles. The minimum atomic E-state index is -0.732. The van der Waals surface area contributed by atoms with Crippen molar-refractivity contribution in [3.63, 3.8) is 0 Å². The smallest absolute Gasteiger partial charge is 0.349 e. The van der Waals surface area contributed by atoms with Gasteiger partial charge in [0.25, 0.3) is 5.69 Å². The molecule has 0 aliphatic rings. The first kappa shape index (κ1) is 18.8. The van der Waals surface area contributed by atoms with E-state index in [9.17, 15) is 19.7 Å². The molecule has 0 atom stereocenters. The largest absolute Gasteiger partial charge is 0.482 e. The number of esters is 1. The summed E-state index contributed by atoms with van der Waals surface area (Å²) in [4.78, 5) is 33.1. The average molecular weight is 377 g/mol. The quantitative estimate of drug-likeness (QED) is 0.203. The molecule has 0 unspecified atom stereocenters. The van der Waals surface area contributed by atoms with Crippen LogP contribution in [0.5, 0.6) is 11.5 Å². The summed E-state index contributed by atoms with van der Waals surface area (Å²) >= 11 is 0. The molecule has 0 radical (unpaired) electrons. The van der Waals surface area contributed by atoms with Crippen molar-refractivity contribution < 1.29 is 24.0 Å². The van der Waals surface area contributed by atoms with Crippen molar-refractivity contribution in [3.05, 3.63) is 88.5 Å². The van der Waals surface area contributed by atoms with Gasteiger partial charge in [-0.2, -0.15) is 0 Å². The molecule has 7 nitrogen and oxygen atoms in total. The van der Waals surface area contributed by atoms with Gasteiger partial charge in [0.05, 0.1) is 10.5 Å². The molecule has 3 rings (SSSR count). The molecular formula is C21H15NO6. The fourth-order valence-corrected chi connectivity index (χ4v) is 2.50. The van der Waals surface area contributed by atoms with Gasteiger partial charge in [-0.3, -0.25) is 14.9 Å². The van der Waals surface area contributed by atoms with Crippen LogP contribution in [0.1, 0.15) is 10.4 Å². The van der Waals surface area contributed by atoms with E-state index in [1.807, 2.05) is 42.5 Å². The Kier molecular flexibility index (Phi) is 5.76. The topological polar surface area (TPSA) is 95.7 Å². The Hall–Kier alpha value is -4.00. The molecule has 0 bridgehead atoms.